The Labute approximate surface area is 131 Å². The van der Waals surface area contributed by atoms with Crippen molar-refractivity contribution in [1.82, 2.24) is 15.1 Å². The lowest BCUT2D eigenvalue weighted by molar-refractivity contribution is 0.434. The summed E-state index contributed by atoms with van der Waals surface area (Å²) < 4.78 is 1.99. The molecule has 1 N–H and O–H groups in total. The van der Waals surface area contributed by atoms with Crippen LogP contribution in [0.5, 0.6) is 0 Å². The molecule has 0 spiro atoms. The predicted molar refractivity (Wildman–Crippen MR) is 88.9 cm³/mol. The highest BCUT2D eigenvalue weighted by atomic mass is 32.2. The van der Waals surface area contributed by atoms with Crippen molar-refractivity contribution in [3.05, 3.63) is 47.8 Å². The summed E-state index contributed by atoms with van der Waals surface area (Å²) in [5.41, 5.74) is 2.84. The topological polar surface area (TPSA) is 29.9 Å². The second kappa shape index (κ2) is 6.67. The summed E-state index contributed by atoms with van der Waals surface area (Å²) in [7, 11) is 2.03. The molecular formula is C17H23N3S. The first-order valence-electron chi connectivity index (χ1n) is 7.71. The highest BCUT2D eigenvalue weighted by Gasteiger charge is 2.29. The molecule has 0 fully saturated rings. The van der Waals surface area contributed by atoms with Crippen molar-refractivity contribution >= 4 is 11.8 Å². The zero-order valence-electron chi connectivity index (χ0n) is 12.7. The highest BCUT2D eigenvalue weighted by Crippen LogP contribution is 2.41. The van der Waals surface area contributed by atoms with E-state index < -0.39 is 0 Å². The van der Waals surface area contributed by atoms with Crippen LogP contribution in [0.25, 0.3) is 0 Å². The summed E-state index contributed by atoms with van der Waals surface area (Å²) in [6.45, 7) is 3.23. The van der Waals surface area contributed by atoms with Crippen LogP contribution < -0.4 is 5.32 Å². The van der Waals surface area contributed by atoms with Crippen molar-refractivity contribution < 1.29 is 0 Å². The van der Waals surface area contributed by atoms with Gasteiger partial charge in [0.15, 0.2) is 0 Å². The van der Waals surface area contributed by atoms with Crippen LogP contribution in [0.3, 0.4) is 0 Å². The molecule has 0 radical (unpaired) electrons. The molecule has 4 heteroatoms. The van der Waals surface area contributed by atoms with E-state index in [1.807, 2.05) is 29.7 Å². The van der Waals surface area contributed by atoms with E-state index in [1.165, 1.54) is 21.9 Å². The first-order chi connectivity index (χ1) is 10.3. The Morgan fingerprint density at radius 2 is 2.24 bits per heavy atom. The second-order valence-electron chi connectivity index (χ2n) is 5.60. The van der Waals surface area contributed by atoms with Gasteiger partial charge in [-0.2, -0.15) is 5.10 Å². The van der Waals surface area contributed by atoms with Crippen molar-refractivity contribution in [2.45, 2.75) is 36.6 Å². The van der Waals surface area contributed by atoms with Gasteiger partial charge in [0.25, 0.3) is 0 Å². The summed E-state index contributed by atoms with van der Waals surface area (Å²) in [5.74, 6) is 1.82. The van der Waals surface area contributed by atoms with Gasteiger partial charge in [-0.15, -0.1) is 11.8 Å². The first kappa shape index (κ1) is 14.7. The van der Waals surface area contributed by atoms with Crippen LogP contribution in [0.4, 0.5) is 0 Å². The van der Waals surface area contributed by atoms with Crippen molar-refractivity contribution in [2.75, 3.05) is 12.3 Å². The molecule has 112 valence electrons. The highest BCUT2D eigenvalue weighted by molar-refractivity contribution is 7.99. The molecule has 2 heterocycles. The zero-order valence-corrected chi connectivity index (χ0v) is 13.6. The number of nitrogens with zero attached hydrogens (tertiary/aromatic N) is 2. The number of benzene rings is 1. The third kappa shape index (κ3) is 3.16. The van der Waals surface area contributed by atoms with E-state index in [-0.39, 0.29) is 0 Å². The molecule has 2 unspecified atom stereocenters. The summed E-state index contributed by atoms with van der Waals surface area (Å²) >= 11 is 2.00. The Balaban J connectivity index is 1.72. The van der Waals surface area contributed by atoms with Gasteiger partial charge in [-0.25, -0.2) is 0 Å². The predicted octanol–water partition coefficient (Wildman–Crippen LogP) is 3.22. The number of hydrogen-bond donors (Lipinski definition) is 1. The Kier molecular flexibility index (Phi) is 4.66. The van der Waals surface area contributed by atoms with Crippen LogP contribution in [0.1, 0.15) is 30.5 Å². The number of aromatic nitrogens is 2. The number of nitrogens with one attached hydrogen (secondary N) is 1. The molecule has 3 nitrogen and oxygen atoms in total. The summed E-state index contributed by atoms with van der Waals surface area (Å²) in [6.07, 6.45) is 4.13. The lowest BCUT2D eigenvalue weighted by Crippen LogP contribution is -2.35. The molecule has 3 rings (SSSR count). The molecule has 0 saturated heterocycles. The number of likely N-dealkylation sites (N-methyl/N-ethyl adjacent to an activating group) is 1. The van der Waals surface area contributed by atoms with E-state index in [2.05, 4.69) is 47.7 Å². The minimum absolute atomic E-state index is 0.543. The fourth-order valence-electron chi connectivity index (χ4n) is 3.18. The lowest BCUT2D eigenvalue weighted by atomic mass is 9.90. The van der Waals surface area contributed by atoms with Crippen molar-refractivity contribution in [1.29, 1.82) is 0 Å². The molecule has 2 aromatic rings. The average molecular weight is 301 g/mol. The lowest BCUT2D eigenvalue weighted by Gasteiger charge is -2.25. The second-order valence-corrected chi connectivity index (χ2v) is 6.67. The number of thioether (sulfide) groups is 1. The molecule has 0 saturated carbocycles. The Hall–Kier alpha value is -1.26. The van der Waals surface area contributed by atoms with Crippen LogP contribution in [0, 0.1) is 0 Å². The normalized spacial score (nSPS) is 18.7. The smallest absolute Gasteiger partial charge is 0.0492 e. The Morgan fingerprint density at radius 3 is 3.00 bits per heavy atom. The van der Waals surface area contributed by atoms with Gasteiger partial charge in [-0.3, -0.25) is 4.68 Å². The summed E-state index contributed by atoms with van der Waals surface area (Å²) in [5, 5.41) is 7.97. The van der Waals surface area contributed by atoms with E-state index >= 15 is 0 Å². The summed E-state index contributed by atoms with van der Waals surface area (Å²) in [4.78, 5) is 1.46. The third-order valence-electron chi connectivity index (χ3n) is 4.32. The molecule has 1 aromatic heterocycles. The molecular weight excluding hydrogens is 278 g/mol. The largest absolute Gasteiger partial charge is 0.314 e. The number of fused-ring (bicyclic) bond motifs is 1. The van der Waals surface area contributed by atoms with Gasteiger partial charge in [-0.05, 0) is 37.1 Å². The number of rotatable bonds is 6. The average Bonchev–Trinajstić information content (AvgIpc) is 3.10. The van der Waals surface area contributed by atoms with Crippen LogP contribution in [-0.4, -0.2) is 28.1 Å². The monoisotopic (exact) mass is 301 g/mol. The zero-order chi connectivity index (χ0) is 14.7. The fourth-order valence-corrected chi connectivity index (χ4v) is 4.51. The number of hydrogen-bond acceptors (Lipinski definition) is 3. The van der Waals surface area contributed by atoms with Crippen LogP contribution in [0.2, 0.25) is 0 Å². The van der Waals surface area contributed by atoms with Gasteiger partial charge in [0, 0.05) is 41.5 Å². The molecule has 0 amide bonds. The van der Waals surface area contributed by atoms with Crippen LogP contribution in [0.15, 0.2) is 41.4 Å². The fraction of sp³-hybridized carbons (Fsp3) is 0.471. The van der Waals surface area contributed by atoms with E-state index in [0.29, 0.717) is 12.0 Å². The first-order valence-corrected chi connectivity index (χ1v) is 8.70. The van der Waals surface area contributed by atoms with Crippen molar-refractivity contribution in [3.63, 3.8) is 0 Å². The maximum atomic E-state index is 4.27. The Morgan fingerprint density at radius 1 is 1.38 bits per heavy atom. The molecule has 0 aliphatic carbocycles. The van der Waals surface area contributed by atoms with Crippen LogP contribution in [-0.2, 0) is 13.5 Å². The van der Waals surface area contributed by atoms with Gasteiger partial charge in [0.1, 0.15) is 0 Å². The van der Waals surface area contributed by atoms with Gasteiger partial charge in [-0.1, -0.05) is 25.1 Å². The van der Waals surface area contributed by atoms with E-state index in [0.717, 1.165) is 19.4 Å². The Bertz CT molecular complexity index is 593. The standard InChI is InChI=1S/C17H23N3S/c1-3-18-16(9-8-13-10-11-19-20(13)2)15-12-21-17-7-5-4-6-14(15)17/h4-7,10-11,15-16,18H,3,8-9,12H2,1-2H3. The maximum Gasteiger partial charge on any atom is 0.0492 e. The summed E-state index contributed by atoms with van der Waals surface area (Å²) in [6, 6.07) is 11.5. The third-order valence-corrected chi connectivity index (χ3v) is 5.53. The molecule has 21 heavy (non-hydrogen) atoms. The van der Waals surface area contributed by atoms with Crippen molar-refractivity contribution in [3.8, 4) is 0 Å². The maximum absolute atomic E-state index is 4.27. The van der Waals surface area contributed by atoms with Gasteiger partial charge in [0.2, 0.25) is 0 Å². The molecule has 2 atom stereocenters. The van der Waals surface area contributed by atoms with Gasteiger partial charge in [0.05, 0.1) is 0 Å². The minimum atomic E-state index is 0.543. The van der Waals surface area contributed by atoms with Gasteiger partial charge >= 0.3 is 0 Å². The van der Waals surface area contributed by atoms with E-state index in [4.69, 9.17) is 0 Å². The molecule has 0 bridgehead atoms. The quantitative estimate of drug-likeness (QED) is 0.888. The number of aryl methyl sites for hydroxylation is 2. The SMILES string of the molecule is CCNC(CCc1ccnn1C)C1CSc2ccccc21. The van der Waals surface area contributed by atoms with E-state index in [1.54, 1.807) is 0 Å². The molecule has 1 aliphatic rings. The molecule has 1 aromatic carbocycles. The van der Waals surface area contributed by atoms with Crippen LogP contribution >= 0.6 is 11.8 Å². The van der Waals surface area contributed by atoms with Crippen molar-refractivity contribution in [2.24, 2.45) is 7.05 Å². The molecule has 1 aliphatic heterocycles. The van der Waals surface area contributed by atoms with Gasteiger partial charge < -0.3 is 5.32 Å². The van der Waals surface area contributed by atoms with E-state index in [9.17, 15) is 0 Å². The minimum Gasteiger partial charge on any atom is -0.314 e.